The molecule has 5 nitrogen and oxygen atoms in total. The Morgan fingerprint density at radius 2 is 1.95 bits per heavy atom. The van der Waals surface area contributed by atoms with Gasteiger partial charge in [-0.05, 0) is 37.5 Å². The Kier molecular flexibility index (Phi) is 4.54. The lowest BCUT2D eigenvalue weighted by atomic mass is 10.0. The molecular weight excluding hydrogens is 312 g/mol. The van der Waals surface area contributed by atoms with Gasteiger partial charge in [-0.2, -0.15) is 4.31 Å². The molecule has 0 amide bonds. The first-order chi connectivity index (χ1) is 9.66. The van der Waals surface area contributed by atoms with E-state index in [9.17, 15) is 13.5 Å². The lowest BCUT2D eigenvalue weighted by molar-refractivity contribution is 0.0333. The quantitative estimate of drug-likeness (QED) is 0.827. The van der Waals surface area contributed by atoms with Crippen LogP contribution in [0.1, 0.15) is 31.2 Å². The molecule has 3 N–H and O–H groups in total. The number of likely N-dealkylation sites (N-methyl/N-ethyl adjacent to an activating group) is 1. The SMILES string of the molecule is Cc1cc(Cl)c(S(=O)(=O)N(C)CC2(O)CCCC2)cc1N. The van der Waals surface area contributed by atoms with Gasteiger partial charge >= 0.3 is 0 Å². The van der Waals surface area contributed by atoms with Crippen LogP contribution in [0.4, 0.5) is 5.69 Å². The number of aliphatic hydroxyl groups is 1. The second-order valence-corrected chi connectivity index (χ2v) is 8.25. The normalized spacial score (nSPS) is 18.3. The summed E-state index contributed by atoms with van der Waals surface area (Å²) in [6.45, 7) is 1.84. The van der Waals surface area contributed by atoms with Crippen LogP contribution in [0, 0.1) is 6.92 Å². The van der Waals surface area contributed by atoms with Gasteiger partial charge in [0, 0.05) is 19.3 Å². The van der Waals surface area contributed by atoms with Crippen LogP contribution in [0.25, 0.3) is 0 Å². The van der Waals surface area contributed by atoms with Crippen molar-refractivity contribution in [2.45, 2.75) is 43.1 Å². The van der Waals surface area contributed by atoms with Gasteiger partial charge in [0.1, 0.15) is 4.90 Å². The Morgan fingerprint density at radius 3 is 2.52 bits per heavy atom. The van der Waals surface area contributed by atoms with Gasteiger partial charge < -0.3 is 10.8 Å². The molecule has 1 saturated carbocycles. The van der Waals surface area contributed by atoms with Crippen molar-refractivity contribution in [2.75, 3.05) is 19.3 Å². The number of halogens is 1. The van der Waals surface area contributed by atoms with Gasteiger partial charge in [-0.15, -0.1) is 0 Å². The summed E-state index contributed by atoms with van der Waals surface area (Å²) in [6.07, 6.45) is 3.08. The first-order valence-electron chi connectivity index (χ1n) is 6.90. The smallest absolute Gasteiger partial charge is 0.244 e. The van der Waals surface area contributed by atoms with E-state index in [-0.39, 0.29) is 16.5 Å². The Bertz CT molecular complexity index is 640. The summed E-state index contributed by atoms with van der Waals surface area (Å²) >= 11 is 6.06. The summed E-state index contributed by atoms with van der Waals surface area (Å²) < 4.78 is 26.4. The highest BCUT2D eigenvalue weighted by molar-refractivity contribution is 7.89. The predicted molar refractivity (Wildman–Crippen MR) is 83.8 cm³/mol. The summed E-state index contributed by atoms with van der Waals surface area (Å²) in [5, 5.41) is 10.5. The van der Waals surface area contributed by atoms with Gasteiger partial charge in [0.25, 0.3) is 0 Å². The number of nitrogens with zero attached hydrogens (tertiary/aromatic N) is 1. The van der Waals surface area contributed by atoms with Crippen molar-refractivity contribution in [3.05, 3.63) is 22.7 Å². The third kappa shape index (κ3) is 3.34. The van der Waals surface area contributed by atoms with E-state index in [1.807, 2.05) is 0 Å². The van der Waals surface area contributed by atoms with Crippen molar-refractivity contribution >= 4 is 27.3 Å². The molecule has 1 aromatic rings. The molecule has 0 aliphatic heterocycles. The summed E-state index contributed by atoms with van der Waals surface area (Å²) in [6, 6.07) is 2.92. The van der Waals surface area contributed by atoms with E-state index in [0.717, 1.165) is 22.7 Å². The molecule has 0 aromatic heterocycles. The molecule has 21 heavy (non-hydrogen) atoms. The van der Waals surface area contributed by atoms with Crippen molar-refractivity contribution < 1.29 is 13.5 Å². The highest BCUT2D eigenvalue weighted by Crippen LogP contribution is 2.33. The molecular formula is C14H21ClN2O3S. The number of nitrogens with two attached hydrogens (primary N) is 1. The second kappa shape index (κ2) is 5.76. The highest BCUT2D eigenvalue weighted by atomic mass is 35.5. The molecule has 1 aliphatic carbocycles. The zero-order chi connectivity index (χ0) is 15.8. The van der Waals surface area contributed by atoms with Crippen LogP contribution in [0.5, 0.6) is 0 Å². The first-order valence-corrected chi connectivity index (χ1v) is 8.72. The van der Waals surface area contributed by atoms with E-state index in [1.165, 1.54) is 13.1 Å². The average Bonchev–Trinajstić information content (AvgIpc) is 2.80. The molecule has 2 rings (SSSR count). The molecule has 1 fully saturated rings. The van der Waals surface area contributed by atoms with Gasteiger partial charge in [0.15, 0.2) is 0 Å². The van der Waals surface area contributed by atoms with Gasteiger partial charge in [-0.25, -0.2) is 8.42 Å². The second-order valence-electron chi connectivity index (χ2n) is 5.83. The minimum Gasteiger partial charge on any atom is -0.398 e. The molecule has 7 heteroatoms. The molecule has 0 heterocycles. The maximum atomic E-state index is 12.6. The molecule has 0 bridgehead atoms. The third-order valence-electron chi connectivity index (χ3n) is 4.06. The van der Waals surface area contributed by atoms with Crippen molar-refractivity contribution in [3.63, 3.8) is 0 Å². The lowest BCUT2D eigenvalue weighted by Gasteiger charge is -2.28. The Hall–Kier alpha value is -0.820. The number of rotatable bonds is 4. The fourth-order valence-corrected chi connectivity index (χ4v) is 4.56. The minimum atomic E-state index is -3.77. The fraction of sp³-hybridized carbons (Fsp3) is 0.571. The van der Waals surface area contributed by atoms with Crippen LogP contribution in [0.15, 0.2) is 17.0 Å². The highest BCUT2D eigenvalue weighted by Gasteiger charge is 2.36. The van der Waals surface area contributed by atoms with Crippen LogP contribution in [-0.4, -0.2) is 37.0 Å². The first kappa shape index (κ1) is 16.5. The number of benzene rings is 1. The van der Waals surface area contributed by atoms with E-state index >= 15 is 0 Å². The van der Waals surface area contributed by atoms with E-state index in [4.69, 9.17) is 17.3 Å². The topological polar surface area (TPSA) is 83.6 Å². The van der Waals surface area contributed by atoms with E-state index in [1.54, 1.807) is 13.0 Å². The summed E-state index contributed by atoms with van der Waals surface area (Å²) in [7, 11) is -2.32. The monoisotopic (exact) mass is 332 g/mol. The minimum absolute atomic E-state index is 0.0173. The molecule has 0 spiro atoms. The van der Waals surface area contributed by atoms with Crippen molar-refractivity contribution in [2.24, 2.45) is 0 Å². The van der Waals surface area contributed by atoms with Crippen LogP contribution < -0.4 is 5.73 Å². The van der Waals surface area contributed by atoms with E-state index in [2.05, 4.69) is 0 Å². The maximum absolute atomic E-state index is 12.6. The molecule has 1 aliphatic rings. The number of sulfonamides is 1. The molecule has 0 unspecified atom stereocenters. The average molecular weight is 333 g/mol. The van der Waals surface area contributed by atoms with Gasteiger partial charge in [-0.3, -0.25) is 0 Å². The Balaban J connectivity index is 2.31. The zero-order valence-electron chi connectivity index (χ0n) is 12.3. The number of anilines is 1. The number of nitrogen functional groups attached to an aromatic ring is 1. The molecule has 0 saturated heterocycles. The Labute approximate surface area is 130 Å². The molecule has 0 radical (unpaired) electrons. The van der Waals surface area contributed by atoms with Crippen LogP contribution >= 0.6 is 11.6 Å². The molecule has 1 aromatic carbocycles. The largest absolute Gasteiger partial charge is 0.398 e. The van der Waals surface area contributed by atoms with E-state index < -0.39 is 15.6 Å². The summed E-state index contributed by atoms with van der Waals surface area (Å²) in [4.78, 5) is -0.0173. The number of hydrogen-bond donors (Lipinski definition) is 2. The van der Waals surface area contributed by atoms with Crippen molar-refractivity contribution in [1.82, 2.24) is 4.31 Å². The standard InChI is InChI=1S/C14H21ClN2O3S/c1-10-7-11(15)13(8-12(10)16)21(19,20)17(2)9-14(18)5-3-4-6-14/h7-8,18H,3-6,9,16H2,1-2H3. The number of hydrogen-bond acceptors (Lipinski definition) is 4. The van der Waals surface area contributed by atoms with Gasteiger partial charge in [0.2, 0.25) is 10.0 Å². The Morgan fingerprint density at radius 1 is 1.38 bits per heavy atom. The maximum Gasteiger partial charge on any atom is 0.244 e. The van der Waals surface area contributed by atoms with Crippen LogP contribution in [-0.2, 0) is 10.0 Å². The van der Waals surface area contributed by atoms with Crippen molar-refractivity contribution in [1.29, 1.82) is 0 Å². The third-order valence-corrected chi connectivity index (χ3v) is 6.33. The van der Waals surface area contributed by atoms with Crippen LogP contribution in [0.2, 0.25) is 5.02 Å². The fourth-order valence-electron chi connectivity index (χ4n) is 2.72. The van der Waals surface area contributed by atoms with E-state index in [0.29, 0.717) is 18.5 Å². The number of aryl methyl sites for hydroxylation is 1. The van der Waals surface area contributed by atoms with Gasteiger partial charge in [0.05, 0.1) is 10.6 Å². The summed E-state index contributed by atoms with van der Waals surface area (Å²) in [5.74, 6) is 0. The van der Waals surface area contributed by atoms with Crippen LogP contribution in [0.3, 0.4) is 0 Å². The van der Waals surface area contributed by atoms with Gasteiger partial charge in [-0.1, -0.05) is 24.4 Å². The van der Waals surface area contributed by atoms with Crippen molar-refractivity contribution in [3.8, 4) is 0 Å². The predicted octanol–water partition coefficient (Wildman–Crippen LogP) is 2.16. The summed E-state index contributed by atoms with van der Waals surface area (Å²) in [5.41, 5.74) is 5.96. The lowest BCUT2D eigenvalue weighted by Crippen LogP contribution is -2.42. The molecule has 118 valence electrons. The zero-order valence-corrected chi connectivity index (χ0v) is 13.8. The molecule has 0 atom stereocenters.